The van der Waals surface area contributed by atoms with Crippen LogP contribution in [0.4, 0.5) is 10.5 Å². The number of nitrogens with one attached hydrogen (secondary N) is 1. The number of hydrogen-bond acceptors (Lipinski definition) is 6. The predicted molar refractivity (Wildman–Crippen MR) is 95.0 cm³/mol. The summed E-state index contributed by atoms with van der Waals surface area (Å²) in [6.45, 7) is 8.59. The van der Waals surface area contributed by atoms with E-state index >= 15 is 0 Å². The summed E-state index contributed by atoms with van der Waals surface area (Å²) < 4.78 is 10.4. The van der Waals surface area contributed by atoms with Crippen LogP contribution in [-0.2, 0) is 9.47 Å². The molecule has 25 heavy (non-hydrogen) atoms. The van der Waals surface area contributed by atoms with Crippen LogP contribution in [0.1, 0.15) is 44.5 Å². The third-order valence-corrected chi connectivity index (χ3v) is 3.77. The summed E-state index contributed by atoms with van der Waals surface area (Å²) in [6.07, 6.45) is 1.79. The molecular weight excluding hydrogens is 346 g/mol. The van der Waals surface area contributed by atoms with Crippen LogP contribution in [-0.4, -0.2) is 53.3 Å². The molecule has 0 radical (unpaired) electrons. The summed E-state index contributed by atoms with van der Waals surface area (Å²) in [5, 5.41) is 3.54. The van der Waals surface area contributed by atoms with Crippen molar-refractivity contribution in [3.8, 4) is 0 Å². The summed E-state index contributed by atoms with van der Waals surface area (Å²) in [6, 6.07) is 1.57. The zero-order chi connectivity index (χ0) is 18.6. The van der Waals surface area contributed by atoms with E-state index in [2.05, 4.69) is 10.3 Å². The number of aromatic nitrogens is 1. The molecule has 1 amide bonds. The number of nitrogens with zero attached hydrogens (tertiary/aromatic N) is 2. The van der Waals surface area contributed by atoms with Gasteiger partial charge in [-0.3, -0.25) is 0 Å². The van der Waals surface area contributed by atoms with Gasteiger partial charge in [0.05, 0.1) is 12.3 Å². The summed E-state index contributed by atoms with van der Waals surface area (Å²) >= 11 is 5.95. The Morgan fingerprint density at radius 3 is 2.80 bits per heavy atom. The lowest BCUT2D eigenvalue weighted by molar-refractivity contribution is 0.0293. The van der Waals surface area contributed by atoms with Gasteiger partial charge < -0.3 is 19.7 Å². The lowest BCUT2D eigenvalue weighted by atomic mass is 10.2. The number of carbonyl (C=O) groups is 2. The molecule has 1 aromatic rings. The van der Waals surface area contributed by atoms with Crippen molar-refractivity contribution in [2.45, 2.75) is 45.8 Å². The molecule has 7 nitrogen and oxygen atoms in total. The molecule has 2 heterocycles. The lowest BCUT2D eigenvalue weighted by Gasteiger charge is -2.24. The Bertz CT molecular complexity index is 645. The van der Waals surface area contributed by atoms with Gasteiger partial charge in [-0.25, -0.2) is 14.6 Å². The van der Waals surface area contributed by atoms with Crippen molar-refractivity contribution in [3.05, 3.63) is 23.0 Å². The van der Waals surface area contributed by atoms with Crippen LogP contribution in [0.25, 0.3) is 0 Å². The second-order valence-electron chi connectivity index (χ2n) is 6.83. The fraction of sp³-hybridized carbons (Fsp3) is 0.588. The number of amides is 1. The minimum atomic E-state index is -0.529. The Morgan fingerprint density at radius 2 is 2.16 bits per heavy atom. The van der Waals surface area contributed by atoms with Gasteiger partial charge in [0.2, 0.25) is 0 Å². The molecule has 1 atom stereocenters. The van der Waals surface area contributed by atoms with Gasteiger partial charge in [-0.1, -0.05) is 11.6 Å². The van der Waals surface area contributed by atoms with Crippen molar-refractivity contribution in [1.29, 1.82) is 0 Å². The van der Waals surface area contributed by atoms with E-state index < -0.39 is 11.6 Å². The van der Waals surface area contributed by atoms with E-state index in [4.69, 9.17) is 21.1 Å². The summed E-state index contributed by atoms with van der Waals surface area (Å²) in [7, 11) is 0. The molecule has 1 aliphatic rings. The smallest absolute Gasteiger partial charge is 0.410 e. The Morgan fingerprint density at radius 1 is 1.44 bits per heavy atom. The molecule has 0 bridgehead atoms. The number of ether oxygens (including phenoxy) is 2. The molecule has 1 saturated heterocycles. The number of anilines is 1. The van der Waals surface area contributed by atoms with Crippen molar-refractivity contribution in [3.63, 3.8) is 0 Å². The quantitative estimate of drug-likeness (QED) is 0.647. The van der Waals surface area contributed by atoms with Gasteiger partial charge in [-0.2, -0.15) is 0 Å². The van der Waals surface area contributed by atoms with Crippen molar-refractivity contribution >= 4 is 29.4 Å². The van der Waals surface area contributed by atoms with Gasteiger partial charge in [0.25, 0.3) is 0 Å². The van der Waals surface area contributed by atoms with Crippen molar-refractivity contribution in [2.24, 2.45) is 0 Å². The Kier molecular flexibility index (Phi) is 6.11. The van der Waals surface area contributed by atoms with E-state index in [0.29, 0.717) is 24.3 Å². The normalized spacial score (nSPS) is 17.3. The maximum Gasteiger partial charge on any atom is 0.410 e. The average molecular weight is 370 g/mol. The van der Waals surface area contributed by atoms with Crippen molar-refractivity contribution in [1.82, 2.24) is 9.88 Å². The topological polar surface area (TPSA) is 80.8 Å². The first-order chi connectivity index (χ1) is 11.7. The minimum absolute atomic E-state index is 0.0147. The SMILES string of the molecule is CCOC(=O)c1cnc(Cl)cc1N[C@@H]1CCN(C(=O)OC(C)(C)C)C1. The first-order valence-corrected chi connectivity index (χ1v) is 8.64. The van der Waals surface area contributed by atoms with E-state index in [1.54, 1.807) is 17.9 Å². The molecule has 1 aromatic heterocycles. The second-order valence-corrected chi connectivity index (χ2v) is 7.22. The van der Waals surface area contributed by atoms with Gasteiger partial charge in [0.1, 0.15) is 16.3 Å². The Hall–Kier alpha value is -2.02. The third kappa shape index (κ3) is 5.49. The molecule has 0 spiro atoms. The van der Waals surface area contributed by atoms with Gasteiger partial charge >= 0.3 is 12.1 Å². The first-order valence-electron chi connectivity index (χ1n) is 8.26. The number of carbonyl (C=O) groups excluding carboxylic acids is 2. The fourth-order valence-corrected chi connectivity index (χ4v) is 2.67. The summed E-state index contributed by atoms with van der Waals surface area (Å²) in [4.78, 5) is 29.8. The van der Waals surface area contributed by atoms with E-state index in [0.717, 1.165) is 6.42 Å². The molecule has 1 aliphatic heterocycles. The Labute approximate surface area is 152 Å². The van der Waals surface area contributed by atoms with Crippen LogP contribution < -0.4 is 5.32 Å². The summed E-state index contributed by atoms with van der Waals surface area (Å²) in [5.74, 6) is -0.462. The zero-order valence-corrected chi connectivity index (χ0v) is 15.7. The fourth-order valence-electron chi connectivity index (χ4n) is 2.51. The molecule has 1 N–H and O–H groups in total. The van der Waals surface area contributed by atoms with Crippen molar-refractivity contribution in [2.75, 3.05) is 25.0 Å². The van der Waals surface area contributed by atoms with Gasteiger partial charge in [0.15, 0.2) is 0 Å². The molecular formula is C17H24ClN3O4. The third-order valence-electron chi connectivity index (χ3n) is 3.57. The second kappa shape index (κ2) is 7.91. The highest BCUT2D eigenvalue weighted by Crippen LogP contribution is 2.24. The number of hydrogen-bond donors (Lipinski definition) is 1. The maximum absolute atomic E-state index is 12.1. The predicted octanol–water partition coefficient (Wildman–Crippen LogP) is 3.33. The number of likely N-dealkylation sites (tertiary alicyclic amines) is 1. The van der Waals surface area contributed by atoms with E-state index in [1.165, 1.54) is 6.20 Å². The highest BCUT2D eigenvalue weighted by molar-refractivity contribution is 6.29. The molecule has 2 rings (SSSR count). The number of esters is 1. The zero-order valence-electron chi connectivity index (χ0n) is 15.0. The van der Waals surface area contributed by atoms with Crippen LogP contribution in [0.3, 0.4) is 0 Å². The largest absolute Gasteiger partial charge is 0.462 e. The number of pyridine rings is 1. The average Bonchev–Trinajstić information content (AvgIpc) is 2.94. The lowest BCUT2D eigenvalue weighted by Crippen LogP contribution is -2.36. The molecule has 0 aliphatic carbocycles. The molecule has 0 saturated carbocycles. The van der Waals surface area contributed by atoms with Crippen LogP contribution in [0, 0.1) is 0 Å². The summed E-state index contributed by atoms with van der Waals surface area (Å²) in [5.41, 5.74) is 0.342. The van der Waals surface area contributed by atoms with E-state index in [1.807, 2.05) is 20.8 Å². The van der Waals surface area contributed by atoms with Crippen molar-refractivity contribution < 1.29 is 19.1 Å². The van der Waals surface area contributed by atoms with Gasteiger partial charge in [-0.05, 0) is 40.2 Å². The molecule has 0 aromatic carbocycles. The van der Waals surface area contributed by atoms with Crippen LogP contribution in [0.5, 0.6) is 0 Å². The van der Waals surface area contributed by atoms with Crippen LogP contribution in [0.15, 0.2) is 12.3 Å². The highest BCUT2D eigenvalue weighted by atomic mass is 35.5. The monoisotopic (exact) mass is 369 g/mol. The maximum atomic E-state index is 12.1. The first kappa shape index (κ1) is 19.3. The van der Waals surface area contributed by atoms with Crippen LogP contribution >= 0.6 is 11.6 Å². The minimum Gasteiger partial charge on any atom is -0.462 e. The molecule has 0 unspecified atom stereocenters. The number of rotatable bonds is 4. The standard InChI is InChI=1S/C17H24ClN3O4/c1-5-24-15(22)12-9-19-14(18)8-13(12)20-11-6-7-21(10-11)16(23)25-17(2,3)4/h8-9,11H,5-7,10H2,1-4H3,(H,19,20)/t11-/m1/s1. The number of halogens is 1. The van der Waals surface area contributed by atoms with Gasteiger partial charge in [0, 0.05) is 25.3 Å². The van der Waals surface area contributed by atoms with Crippen LogP contribution in [0.2, 0.25) is 5.15 Å². The highest BCUT2D eigenvalue weighted by Gasteiger charge is 2.30. The molecule has 138 valence electrons. The van der Waals surface area contributed by atoms with Gasteiger partial charge in [-0.15, -0.1) is 0 Å². The molecule has 8 heteroatoms. The van der Waals surface area contributed by atoms with E-state index in [-0.39, 0.29) is 23.9 Å². The van der Waals surface area contributed by atoms with E-state index in [9.17, 15) is 9.59 Å². The molecule has 1 fully saturated rings. The Balaban J connectivity index is 2.05.